The van der Waals surface area contributed by atoms with Crippen molar-refractivity contribution in [3.05, 3.63) is 54.3 Å². The molecule has 0 aliphatic rings. The summed E-state index contributed by atoms with van der Waals surface area (Å²) in [5.41, 5.74) is 0.462. The van der Waals surface area contributed by atoms with Crippen LogP contribution in [0.1, 0.15) is 40.2 Å². The highest BCUT2D eigenvalue weighted by Gasteiger charge is 2.22. The smallest absolute Gasteiger partial charge is 0.320 e. The molecule has 0 fully saturated rings. The molecule has 30 heavy (non-hydrogen) atoms. The molecular weight excluding hydrogens is 402 g/mol. The molecule has 1 aromatic carbocycles. The van der Waals surface area contributed by atoms with Gasteiger partial charge in [0.25, 0.3) is 0 Å². The second-order valence-corrected chi connectivity index (χ2v) is 9.20. The number of ether oxygens (including phenoxy) is 2. The molecule has 1 rings (SSSR count). The first-order valence-electron chi connectivity index (χ1n) is 9.91. The SMILES string of the molecule is C=C/C=C(\O)CN(CC(=O)OCC)Cc1ccc(SC(C)C(=O)OC(C)(C)C)cc1. The number of carbonyl (C=O) groups excluding carboxylic acids is 2. The summed E-state index contributed by atoms with van der Waals surface area (Å²) in [6, 6.07) is 7.75. The number of aliphatic hydroxyl groups excluding tert-OH is 1. The summed E-state index contributed by atoms with van der Waals surface area (Å²) in [5, 5.41) is 9.64. The average molecular weight is 436 g/mol. The minimum atomic E-state index is -0.510. The second-order valence-electron chi connectivity index (χ2n) is 7.78. The molecule has 0 spiro atoms. The van der Waals surface area contributed by atoms with Gasteiger partial charge >= 0.3 is 11.9 Å². The quantitative estimate of drug-likeness (QED) is 0.237. The lowest BCUT2D eigenvalue weighted by atomic mass is 10.2. The molecule has 7 heteroatoms. The molecule has 0 saturated carbocycles. The highest BCUT2D eigenvalue weighted by atomic mass is 32.2. The Balaban J connectivity index is 2.77. The van der Waals surface area contributed by atoms with Crippen molar-refractivity contribution in [2.45, 2.75) is 56.9 Å². The van der Waals surface area contributed by atoms with E-state index >= 15 is 0 Å². The van der Waals surface area contributed by atoms with Gasteiger partial charge in [0.15, 0.2) is 0 Å². The molecule has 0 aromatic heterocycles. The van der Waals surface area contributed by atoms with Crippen molar-refractivity contribution in [3.8, 4) is 0 Å². The first-order chi connectivity index (χ1) is 14.0. The fourth-order valence-corrected chi connectivity index (χ4v) is 3.39. The molecular formula is C23H33NO5S. The van der Waals surface area contributed by atoms with Gasteiger partial charge in [-0.15, -0.1) is 11.8 Å². The number of nitrogens with zero attached hydrogens (tertiary/aromatic N) is 1. The Morgan fingerprint density at radius 3 is 2.40 bits per heavy atom. The molecule has 1 atom stereocenters. The highest BCUT2D eigenvalue weighted by molar-refractivity contribution is 8.00. The Labute approximate surface area is 183 Å². The number of hydrogen-bond donors (Lipinski definition) is 1. The maximum Gasteiger partial charge on any atom is 0.320 e. The molecule has 0 saturated heterocycles. The minimum Gasteiger partial charge on any atom is -0.511 e. The Kier molecular flexibility index (Phi) is 10.7. The molecule has 0 radical (unpaired) electrons. The van der Waals surface area contributed by atoms with E-state index in [1.165, 1.54) is 23.9 Å². The van der Waals surface area contributed by atoms with Gasteiger partial charge in [-0.2, -0.15) is 0 Å². The van der Waals surface area contributed by atoms with Gasteiger partial charge < -0.3 is 14.6 Å². The number of hydrogen-bond acceptors (Lipinski definition) is 7. The van der Waals surface area contributed by atoms with Gasteiger partial charge in [0.2, 0.25) is 0 Å². The van der Waals surface area contributed by atoms with E-state index < -0.39 is 5.60 Å². The van der Waals surface area contributed by atoms with E-state index in [0.717, 1.165) is 10.5 Å². The number of allylic oxidation sites excluding steroid dienone is 2. The van der Waals surface area contributed by atoms with Crippen molar-refractivity contribution < 1.29 is 24.2 Å². The summed E-state index contributed by atoms with van der Waals surface area (Å²) in [7, 11) is 0. The van der Waals surface area contributed by atoms with Crippen molar-refractivity contribution in [1.29, 1.82) is 0 Å². The molecule has 1 unspecified atom stereocenters. The number of benzene rings is 1. The molecule has 1 aromatic rings. The monoisotopic (exact) mass is 435 g/mol. The third-order valence-electron chi connectivity index (χ3n) is 3.73. The lowest BCUT2D eigenvalue weighted by Gasteiger charge is -2.22. The van der Waals surface area contributed by atoms with Crippen LogP contribution in [-0.4, -0.2) is 52.5 Å². The molecule has 0 amide bonds. The van der Waals surface area contributed by atoms with Gasteiger partial charge in [0, 0.05) is 11.4 Å². The van der Waals surface area contributed by atoms with Gasteiger partial charge in [-0.1, -0.05) is 24.8 Å². The van der Waals surface area contributed by atoms with Crippen LogP contribution >= 0.6 is 11.8 Å². The summed E-state index contributed by atoms with van der Waals surface area (Å²) >= 11 is 1.43. The first kappa shape index (κ1) is 25.8. The largest absolute Gasteiger partial charge is 0.511 e. The molecule has 0 aliphatic carbocycles. The third kappa shape index (κ3) is 10.5. The zero-order valence-corrected chi connectivity index (χ0v) is 19.3. The molecule has 1 N–H and O–H groups in total. The lowest BCUT2D eigenvalue weighted by Crippen LogP contribution is -2.32. The molecule has 0 heterocycles. The van der Waals surface area contributed by atoms with E-state index in [1.54, 1.807) is 11.8 Å². The second kappa shape index (κ2) is 12.4. The van der Waals surface area contributed by atoms with Crippen molar-refractivity contribution >= 4 is 23.7 Å². The predicted molar refractivity (Wildman–Crippen MR) is 120 cm³/mol. The lowest BCUT2D eigenvalue weighted by molar-refractivity contribution is -0.153. The van der Waals surface area contributed by atoms with Gasteiger partial charge in [0.05, 0.1) is 19.7 Å². The minimum absolute atomic E-state index is 0.0645. The van der Waals surface area contributed by atoms with Gasteiger partial charge in [0.1, 0.15) is 16.6 Å². The fraction of sp³-hybridized carbons (Fsp3) is 0.478. The number of aliphatic hydroxyl groups is 1. The van der Waals surface area contributed by atoms with Crippen LogP contribution in [0.2, 0.25) is 0 Å². The number of thioether (sulfide) groups is 1. The van der Waals surface area contributed by atoms with E-state index in [2.05, 4.69) is 6.58 Å². The highest BCUT2D eigenvalue weighted by Crippen LogP contribution is 2.26. The summed E-state index contributed by atoms with van der Waals surface area (Å²) in [6.45, 7) is 13.7. The summed E-state index contributed by atoms with van der Waals surface area (Å²) < 4.78 is 10.4. The van der Waals surface area contributed by atoms with E-state index in [-0.39, 0.29) is 36.0 Å². The number of rotatable bonds is 11. The van der Waals surface area contributed by atoms with Crippen LogP contribution in [0.4, 0.5) is 0 Å². The average Bonchev–Trinajstić information content (AvgIpc) is 2.62. The van der Waals surface area contributed by atoms with E-state index in [1.807, 2.05) is 52.0 Å². The van der Waals surface area contributed by atoms with Crippen LogP contribution in [0.5, 0.6) is 0 Å². The van der Waals surface area contributed by atoms with Crippen LogP contribution in [0.15, 0.2) is 53.7 Å². The van der Waals surface area contributed by atoms with Gasteiger partial charge in [-0.3, -0.25) is 14.5 Å². The van der Waals surface area contributed by atoms with Crippen LogP contribution < -0.4 is 0 Å². The normalized spacial score (nSPS) is 13.1. The maximum absolute atomic E-state index is 12.2. The molecule has 0 aliphatic heterocycles. The van der Waals surface area contributed by atoms with Crippen molar-refractivity contribution in [1.82, 2.24) is 4.90 Å². The van der Waals surface area contributed by atoms with Crippen LogP contribution in [0, 0.1) is 0 Å². The van der Waals surface area contributed by atoms with E-state index in [4.69, 9.17) is 9.47 Å². The van der Waals surface area contributed by atoms with Crippen molar-refractivity contribution in [3.63, 3.8) is 0 Å². The first-order valence-corrected chi connectivity index (χ1v) is 10.8. The summed E-state index contributed by atoms with van der Waals surface area (Å²) in [5.74, 6) is -0.475. The number of esters is 2. The third-order valence-corrected chi connectivity index (χ3v) is 4.83. The van der Waals surface area contributed by atoms with E-state index in [9.17, 15) is 14.7 Å². The topological polar surface area (TPSA) is 76.1 Å². The predicted octanol–water partition coefficient (Wildman–Crippen LogP) is 4.50. The van der Waals surface area contributed by atoms with Gasteiger partial charge in [-0.05, 0) is 58.4 Å². The van der Waals surface area contributed by atoms with Crippen LogP contribution in [-0.2, 0) is 25.6 Å². The van der Waals surface area contributed by atoms with Gasteiger partial charge in [-0.25, -0.2) is 0 Å². The maximum atomic E-state index is 12.2. The molecule has 166 valence electrons. The molecule has 0 bridgehead atoms. The van der Waals surface area contributed by atoms with E-state index in [0.29, 0.717) is 13.2 Å². The Bertz CT molecular complexity index is 737. The Morgan fingerprint density at radius 2 is 1.87 bits per heavy atom. The standard InChI is InChI=1S/C23H33NO5S/c1-7-9-19(25)15-24(16-21(26)28-8-2)14-18-10-12-20(13-11-18)30-17(3)22(27)29-23(4,5)6/h7,9-13,17,25H,1,8,14-16H2,2-6H3/b19-9-. The summed E-state index contributed by atoms with van der Waals surface area (Å²) in [6.07, 6.45) is 2.99. The fourth-order valence-electron chi connectivity index (χ4n) is 2.54. The van der Waals surface area contributed by atoms with Crippen molar-refractivity contribution in [2.24, 2.45) is 0 Å². The Morgan fingerprint density at radius 1 is 1.23 bits per heavy atom. The molecule has 6 nitrogen and oxygen atoms in total. The number of carbonyl (C=O) groups is 2. The van der Waals surface area contributed by atoms with Crippen LogP contribution in [0.25, 0.3) is 0 Å². The summed E-state index contributed by atoms with van der Waals surface area (Å²) in [4.78, 5) is 26.8. The Hall–Kier alpha value is -2.25. The zero-order chi connectivity index (χ0) is 22.7. The van der Waals surface area contributed by atoms with Crippen molar-refractivity contribution in [2.75, 3.05) is 19.7 Å². The van der Waals surface area contributed by atoms with Crippen LogP contribution in [0.3, 0.4) is 0 Å². The zero-order valence-electron chi connectivity index (χ0n) is 18.5.